The van der Waals surface area contributed by atoms with Crippen LogP contribution in [-0.2, 0) is 6.42 Å². The Labute approximate surface area is 146 Å². The zero-order valence-electron chi connectivity index (χ0n) is 15.0. The van der Waals surface area contributed by atoms with Gasteiger partial charge in [0.1, 0.15) is 0 Å². The topological polar surface area (TPSA) is 26.0 Å². The average molecular weight is 317 g/mol. The van der Waals surface area contributed by atoms with Crippen molar-refractivity contribution in [2.45, 2.75) is 46.5 Å². The van der Waals surface area contributed by atoms with Gasteiger partial charge in [-0.05, 0) is 84.6 Å². The molecule has 0 aromatic heterocycles. The van der Waals surface area contributed by atoms with Crippen LogP contribution in [0.15, 0.2) is 65.4 Å². The molecule has 0 spiro atoms. The van der Waals surface area contributed by atoms with E-state index in [1.165, 1.54) is 39.0 Å². The normalized spacial score (nSPS) is 18.0. The van der Waals surface area contributed by atoms with Crippen LogP contribution in [0.5, 0.6) is 0 Å². The molecule has 0 bridgehead atoms. The summed E-state index contributed by atoms with van der Waals surface area (Å²) in [7, 11) is 0. The molecule has 2 aliphatic rings. The summed E-state index contributed by atoms with van der Waals surface area (Å²) in [5.41, 5.74) is 16.6. The van der Waals surface area contributed by atoms with Gasteiger partial charge in [-0.1, -0.05) is 49.4 Å². The predicted octanol–water partition coefficient (Wildman–Crippen LogP) is 5.95. The smallest absolute Gasteiger partial charge is 0.00777 e. The second kappa shape index (κ2) is 7.09. The van der Waals surface area contributed by atoms with E-state index in [0.717, 1.165) is 31.4 Å². The number of nitrogens with two attached hydrogens (primary N) is 1. The summed E-state index contributed by atoms with van der Waals surface area (Å²) in [6.45, 7) is 6.47. The summed E-state index contributed by atoms with van der Waals surface area (Å²) in [6.07, 6.45) is 15.3. The van der Waals surface area contributed by atoms with Crippen LogP contribution in [0.25, 0.3) is 11.1 Å². The molecule has 0 aliphatic heterocycles. The van der Waals surface area contributed by atoms with Gasteiger partial charge < -0.3 is 5.73 Å². The van der Waals surface area contributed by atoms with Gasteiger partial charge in [0.25, 0.3) is 0 Å². The molecule has 0 unspecified atom stereocenters. The van der Waals surface area contributed by atoms with Crippen LogP contribution in [0, 0.1) is 0 Å². The molecule has 1 heteroatoms. The number of allylic oxidation sites excluding steroid dienone is 10. The summed E-state index contributed by atoms with van der Waals surface area (Å²) in [6, 6.07) is 6.92. The lowest BCUT2D eigenvalue weighted by Crippen LogP contribution is -2.06. The highest BCUT2D eigenvalue weighted by molar-refractivity contribution is 5.87. The third-order valence-corrected chi connectivity index (χ3v) is 5.03. The van der Waals surface area contributed by atoms with Crippen molar-refractivity contribution in [2.75, 3.05) is 0 Å². The Morgan fingerprint density at radius 3 is 2.83 bits per heavy atom. The Morgan fingerprint density at radius 2 is 2.04 bits per heavy atom. The zero-order valence-corrected chi connectivity index (χ0v) is 15.0. The molecular formula is C23H27N. The molecule has 1 aromatic carbocycles. The van der Waals surface area contributed by atoms with Crippen LogP contribution >= 0.6 is 0 Å². The Hall–Kier alpha value is -2.28. The molecule has 0 saturated carbocycles. The van der Waals surface area contributed by atoms with E-state index < -0.39 is 0 Å². The summed E-state index contributed by atoms with van der Waals surface area (Å²) < 4.78 is 0. The third-order valence-electron chi connectivity index (χ3n) is 5.03. The molecule has 124 valence electrons. The molecule has 24 heavy (non-hydrogen) atoms. The standard InChI is InChI=1S/C23H27N/c1-4-21(24)13-9-16(2)19-12-14-22-20(15-19)11-10-18-8-6-5-7-17(3)23(18)22/h5,7-9,12-15H,4,6,10-11,24H2,1-3H3/b16-9+,21-13+. The summed E-state index contributed by atoms with van der Waals surface area (Å²) in [5.74, 6) is 0. The highest BCUT2D eigenvalue weighted by atomic mass is 14.6. The quantitative estimate of drug-likeness (QED) is 0.685. The van der Waals surface area contributed by atoms with E-state index in [0.29, 0.717) is 0 Å². The molecule has 0 amide bonds. The Kier molecular flexibility index (Phi) is 4.89. The van der Waals surface area contributed by atoms with Crippen molar-refractivity contribution in [3.05, 3.63) is 82.1 Å². The minimum Gasteiger partial charge on any atom is -0.402 e. The van der Waals surface area contributed by atoms with Crippen LogP contribution in [0.2, 0.25) is 0 Å². The maximum atomic E-state index is 5.91. The van der Waals surface area contributed by atoms with Gasteiger partial charge in [0.15, 0.2) is 0 Å². The monoisotopic (exact) mass is 317 g/mol. The van der Waals surface area contributed by atoms with E-state index in [1.54, 1.807) is 0 Å². The minimum atomic E-state index is 0.893. The van der Waals surface area contributed by atoms with Crippen LogP contribution in [0.4, 0.5) is 0 Å². The van der Waals surface area contributed by atoms with Crippen LogP contribution < -0.4 is 5.73 Å². The van der Waals surface area contributed by atoms with Gasteiger partial charge in [-0.2, -0.15) is 0 Å². The lowest BCUT2D eigenvalue weighted by atomic mass is 9.80. The van der Waals surface area contributed by atoms with E-state index >= 15 is 0 Å². The zero-order chi connectivity index (χ0) is 17.1. The van der Waals surface area contributed by atoms with E-state index in [9.17, 15) is 0 Å². The van der Waals surface area contributed by atoms with Crippen molar-refractivity contribution in [3.8, 4) is 0 Å². The first-order chi connectivity index (χ1) is 11.6. The Morgan fingerprint density at radius 1 is 1.21 bits per heavy atom. The highest BCUT2D eigenvalue weighted by Gasteiger charge is 2.21. The highest BCUT2D eigenvalue weighted by Crippen LogP contribution is 2.39. The number of rotatable bonds is 3. The molecule has 1 aromatic rings. The van der Waals surface area contributed by atoms with Crippen molar-refractivity contribution >= 4 is 11.1 Å². The van der Waals surface area contributed by atoms with Crippen LogP contribution in [-0.4, -0.2) is 0 Å². The molecule has 0 atom stereocenters. The maximum absolute atomic E-state index is 5.91. The van der Waals surface area contributed by atoms with Gasteiger partial charge in [-0.15, -0.1) is 0 Å². The SMILES string of the molecule is CC/C(N)=C\C=C(/C)c1ccc2c(c1)CCC1=CCC=CC(C)=C12. The number of aryl methyl sites for hydroxylation is 1. The van der Waals surface area contributed by atoms with Crippen molar-refractivity contribution in [1.82, 2.24) is 0 Å². The first-order valence-electron chi connectivity index (χ1n) is 8.93. The van der Waals surface area contributed by atoms with E-state index in [1.807, 2.05) is 6.08 Å². The number of hydrogen-bond donors (Lipinski definition) is 1. The summed E-state index contributed by atoms with van der Waals surface area (Å²) in [5, 5.41) is 0. The van der Waals surface area contributed by atoms with E-state index in [2.05, 4.69) is 63.3 Å². The molecule has 3 rings (SSSR count). The number of benzene rings is 1. The molecule has 2 N–H and O–H groups in total. The number of fused-ring (bicyclic) bond motifs is 3. The van der Waals surface area contributed by atoms with Gasteiger partial charge >= 0.3 is 0 Å². The second-order valence-corrected chi connectivity index (χ2v) is 6.74. The predicted molar refractivity (Wildman–Crippen MR) is 105 cm³/mol. The van der Waals surface area contributed by atoms with E-state index in [-0.39, 0.29) is 0 Å². The molecular weight excluding hydrogens is 290 g/mol. The van der Waals surface area contributed by atoms with E-state index in [4.69, 9.17) is 5.73 Å². The van der Waals surface area contributed by atoms with Gasteiger partial charge in [0, 0.05) is 5.70 Å². The van der Waals surface area contributed by atoms with Crippen molar-refractivity contribution < 1.29 is 0 Å². The molecule has 0 heterocycles. The van der Waals surface area contributed by atoms with Gasteiger partial charge in [0.2, 0.25) is 0 Å². The minimum absolute atomic E-state index is 0.893. The fourth-order valence-electron chi connectivity index (χ4n) is 3.51. The van der Waals surface area contributed by atoms with Crippen LogP contribution in [0.1, 0.15) is 56.7 Å². The lowest BCUT2D eigenvalue weighted by molar-refractivity contribution is 0.931. The average Bonchev–Trinajstić information content (AvgIpc) is 2.80. The van der Waals surface area contributed by atoms with Crippen molar-refractivity contribution in [1.29, 1.82) is 0 Å². The fraction of sp³-hybridized carbons (Fsp3) is 0.304. The van der Waals surface area contributed by atoms with Crippen molar-refractivity contribution in [3.63, 3.8) is 0 Å². The summed E-state index contributed by atoms with van der Waals surface area (Å²) >= 11 is 0. The van der Waals surface area contributed by atoms with Gasteiger partial charge in [-0.25, -0.2) is 0 Å². The van der Waals surface area contributed by atoms with Crippen LogP contribution in [0.3, 0.4) is 0 Å². The maximum Gasteiger partial charge on any atom is 0.00777 e. The molecule has 0 saturated heterocycles. The van der Waals surface area contributed by atoms with Crippen molar-refractivity contribution in [2.24, 2.45) is 5.73 Å². The molecule has 0 radical (unpaired) electrons. The molecule has 0 fully saturated rings. The Bertz CT molecular complexity index is 797. The second-order valence-electron chi connectivity index (χ2n) is 6.74. The lowest BCUT2D eigenvalue weighted by Gasteiger charge is -2.24. The van der Waals surface area contributed by atoms with Gasteiger partial charge in [0.05, 0.1) is 0 Å². The Balaban J connectivity index is 2.00. The summed E-state index contributed by atoms with van der Waals surface area (Å²) in [4.78, 5) is 0. The molecule has 2 aliphatic carbocycles. The molecule has 1 nitrogen and oxygen atoms in total. The fourth-order valence-corrected chi connectivity index (χ4v) is 3.51. The van der Waals surface area contributed by atoms with Gasteiger partial charge in [-0.3, -0.25) is 0 Å². The number of hydrogen-bond acceptors (Lipinski definition) is 1. The first-order valence-corrected chi connectivity index (χ1v) is 8.93. The third kappa shape index (κ3) is 3.31. The largest absolute Gasteiger partial charge is 0.402 e. The first kappa shape index (κ1) is 16.6.